The standard InChI is InChI=1S/C26H29ClN6O2/c1-4-32(5-2)23-14-17(3)28-26(31-23)30-21-10-8-20(9-11-21)29-25(35)18-15-24(34)33(16-18)22-12-6-19(27)7-13-22/h6-14,18H,4-5,15-16H2,1-3H3,(H,29,35)(H,28,30,31)/t18-/m0/s1. The Hall–Kier alpha value is -3.65. The summed E-state index contributed by atoms with van der Waals surface area (Å²) in [7, 11) is 0. The SMILES string of the molecule is CCN(CC)c1cc(C)nc(Nc2ccc(NC(=O)[C@H]3CC(=O)N(c4ccc(Cl)cc4)C3)cc2)n1. The molecule has 1 fully saturated rings. The van der Waals surface area contributed by atoms with Gasteiger partial charge in [0.1, 0.15) is 5.82 Å². The van der Waals surface area contributed by atoms with E-state index in [2.05, 4.69) is 39.3 Å². The van der Waals surface area contributed by atoms with E-state index in [1.54, 1.807) is 29.2 Å². The minimum atomic E-state index is -0.421. The highest BCUT2D eigenvalue weighted by Gasteiger charge is 2.35. The third-order valence-electron chi connectivity index (χ3n) is 5.97. The molecule has 2 aromatic carbocycles. The van der Waals surface area contributed by atoms with E-state index >= 15 is 0 Å². The molecule has 1 aromatic heterocycles. The van der Waals surface area contributed by atoms with E-state index in [-0.39, 0.29) is 18.2 Å². The molecular formula is C26H29ClN6O2. The van der Waals surface area contributed by atoms with Crippen LogP contribution in [0.5, 0.6) is 0 Å². The summed E-state index contributed by atoms with van der Waals surface area (Å²) >= 11 is 5.94. The Labute approximate surface area is 210 Å². The van der Waals surface area contributed by atoms with Crippen LogP contribution < -0.4 is 20.4 Å². The first-order chi connectivity index (χ1) is 16.9. The molecular weight excluding hydrogens is 464 g/mol. The summed E-state index contributed by atoms with van der Waals surface area (Å²) in [5.41, 5.74) is 3.09. The number of carbonyl (C=O) groups excluding carboxylic acids is 2. The van der Waals surface area contributed by atoms with E-state index in [1.807, 2.05) is 37.3 Å². The molecule has 9 heteroatoms. The molecule has 182 valence electrons. The minimum Gasteiger partial charge on any atom is -0.357 e. The van der Waals surface area contributed by atoms with Crippen LogP contribution in [0.3, 0.4) is 0 Å². The van der Waals surface area contributed by atoms with Gasteiger partial charge >= 0.3 is 0 Å². The number of halogens is 1. The Balaban J connectivity index is 1.38. The van der Waals surface area contributed by atoms with Crippen LogP contribution in [-0.2, 0) is 9.59 Å². The zero-order valence-corrected chi connectivity index (χ0v) is 20.8. The number of aromatic nitrogens is 2. The molecule has 1 atom stereocenters. The van der Waals surface area contributed by atoms with Gasteiger partial charge in [0.25, 0.3) is 0 Å². The molecule has 0 spiro atoms. The van der Waals surface area contributed by atoms with Crippen LogP contribution in [0, 0.1) is 12.8 Å². The number of anilines is 5. The fourth-order valence-corrected chi connectivity index (χ4v) is 4.21. The quantitative estimate of drug-likeness (QED) is 0.459. The van der Waals surface area contributed by atoms with Gasteiger partial charge in [0.05, 0.1) is 5.92 Å². The Kier molecular flexibility index (Phi) is 7.51. The second-order valence-corrected chi connectivity index (χ2v) is 8.87. The Morgan fingerprint density at radius 3 is 2.37 bits per heavy atom. The van der Waals surface area contributed by atoms with E-state index < -0.39 is 5.92 Å². The predicted octanol–water partition coefficient (Wildman–Crippen LogP) is 5.02. The van der Waals surface area contributed by atoms with E-state index in [1.165, 1.54) is 0 Å². The number of nitrogens with zero attached hydrogens (tertiary/aromatic N) is 4. The lowest BCUT2D eigenvalue weighted by Crippen LogP contribution is -2.28. The van der Waals surface area contributed by atoms with Crippen molar-refractivity contribution in [3.63, 3.8) is 0 Å². The molecule has 0 unspecified atom stereocenters. The van der Waals surface area contributed by atoms with Crippen molar-refractivity contribution in [3.8, 4) is 0 Å². The van der Waals surface area contributed by atoms with Crippen LogP contribution in [-0.4, -0.2) is 41.4 Å². The smallest absolute Gasteiger partial charge is 0.229 e. The normalized spacial score (nSPS) is 15.3. The zero-order chi connectivity index (χ0) is 24.9. The lowest BCUT2D eigenvalue weighted by molar-refractivity contribution is -0.122. The first-order valence-corrected chi connectivity index (χ1v) is 12.1. The number of rotatable bonds is 8. The molecule has 2 N–H and O–H groups in total. The van der Waals surface area contributed by atoms with Crippen molar-refractivity contribution in [1.29, 1.82) is 0 Å². The van der Waals surface area contributed by atoms with E-state index in [9.17, 15) is 9.59 Å². The molecule has 1 saturated heterocycles. The van der Waals surface area contributed by atoms with Gasteiger partial charge in [0.15, 0.2) is 0 Å². The van der Waals surface area contributed by atoms with Crippen molar-refractivity contribution >= 4 is 52.2 Å². The minimum absolute atomic E-state index is 0.0748. The highest BCUT2D eigenvalue weighted by atomic mass is 35.5. The number of nitrogens with one attached hydrogen (secondary N) is 2. The van der Waals surface area contributed by atoms with Gasteiger partial charge < -0.3 is 20.4 Å². The van der Waals surface area contributed by atoms with Gasteiger partial charge in [-0.1, -0.05) is 11.6 Å². The highest BCUT2D eigenvalue weighted by molar-refractivity contribution is 6.30. The summed E-state index contributed by atoms with van der Waals surface area (Å²) in [5, 5.41) is 6.76. The van der Waals surface area contributed by atoms with Gasteiger partial charge in [-0.2, -0.15) is 4.98 Å². The zero-order valence-electron chi connectivity index (χ0n) is 20.1. The van der Waals surface area contributed by atoms with Gasteiger partial charge in [0, 0.05) is 59.9 Å². The number of hydrogen-bond donors (Lipinski definition) is 2. The fraction of sp³-hybridized carbons (Fsp3) is 0.308. The fourth-order valence-electron chi connectivity index (χ4n) is 4.08. The molecule has 0 saturated carbocycles. The predicted molar refractivity (Wildman–Crippen MR) is 141 cm³/mol. The molecule has 0 radical (unpaired) electrons. The molecule has 1 aliphatic rings. The third kappa shape index (κ3) is 5.89. The summed E-state index contributed by atoms with van der Waals surface area (Å²) in [6, 6.07) is 16.4. The maximum absolute atomic E-state index is 12.8. The van der Waals surface area contributed by atoms with Crippen molar-refractivity contribution < 1.29 is 9.59 Å². The van der Waals surface area contributed by atoms with Gasteiger partial charge in [-0.25, -0.2) is 4.98 Å². The summed E-state index contributed by atoms with van der Waals surface area (Å²) in [5.74, 6) is 0.730. The number of carbonyl (C=O) groups is 2. The molecule has 1 aliphatic heterocycles. The summed E-state index contributed by atoms with van der Waals surface area (Å²) < 4.78 is 0. The van der Waals surface area contributed by atoms with Gasteiger partial charge in [-0.15, -0.1) is 0 Å². The lowest BCUT2D eigenvalue weighted by atomic mass is 10.1. The van der Waals surface area contributed by atoms with Gasteiger partial charge in [-0.05, 0) is 69.3 Å². The summed E-state index contributed by atoms with van der Waals surface area (Å²) in [4.78, 5) is 38.2. The van der Waals surface area contributed by atoms with Gasteiger partial charge in [-0.3, -0.25) is 9.59 Å². The first kappa shape index (κ1) is 24.5. The molecule has 4 rings (SSSR count). The van der Waals surface area contributed by atoms with Crippen LogP contribution in [0.4, 0.5) is 28.8 Å². The van der Waals surface area contributed by atoms with E-state index in [0.717, 1.165) is 36.0 Å². The van der Waals surface area contributed by atoms with Crippen LogP contribution in [0.25, 0.3) is 0 Å². The van der Waals surface area contributed by atoms with E-state index in [0.29, 0.717) is 23.2 Å². The summed E-state index contributed by atoms with van der Waals surface area (Å²) in [6.07, 6.45) is 0.174. The molecule has 2 amide bonds. The largest absolute Gasteiger partial charge is 0.357 e. The number of amides is 2. The van der Waals surface area contributed by atoms with Crippen molar-refractivity contribution in [2.24, 2.45) is 5.92 Å². The maximum Gasteiger partial charge on any atom is 0.229 e. The molecule has 0 aliphatic carbocycles. The maximum atomic E-state index is 12.8. The van der Waals surface area contributed by atoms with Crippen molar-refractivity contribution in [2.75, 3.05) is 40.1 Å². The highest BCUT2D eigenvalue weighted by Crippen LogP contribution is 2.27. The molecule has 35 heavy (non-hydrogen) atoms. The Morgan fingerprint density at radius 1 is 1.06 bits per heavy atom. The average molecular weight is 493 g/mol. The topological polar surface area (TPSA) is 90.5 Å². The first-order valence-electron chi connectivity index (χ1n) is 11.7. The monoisotopic (exact) mass is 492 g/mol. The second-order valence-electron chi connectivity index (χ2n) is 8.44. The van der Waals surface area contributed by atoms with Crippen molar-refractivity contribution in [2.45, 2.75) is 27.2 Å². The van der Waals surface area contributed by atoms with Crippen LogP contribution in [0.2, 0.25) is 5.02 Å². The number of hydrogen-bond acceptors (Lipinski definition) is 6. The van der Waals surface area contributed by atoms with Crippen LogP contribution >= 0.6 is 11.6 Å². The van der Waals surface area contributed by atoms with E-state index in [4.69, 9.17) is 11.6 Å². The number of aryl methyl sites for hydroxylation is 1. The number of benzene rings is 2. The Bertz CT molecular complexity index is 1200. The van der Waals surface area contributed by atoms with Crippen molar-refractivity contribution in [3.05, 3.63) is 65.3 Å². The lowest BCUT2D eigenvalue weighted by Gasteiger charge is -2.20. The van der Waals surface area contributed by atoms with Gasteiger partial charge in [0.2, 0.25) is 17.8 Å². The van der Waals surface area contributed by atoms with Crippen molar-refractivity contribution in [1.82, 2.24) is 9.97 Å². The molecule has 8 nitrogen and oxygen atoms in total. The molecule has 2 heterocycles. The van der Waals surface area contributed by atoms with Crippen LogP contribution in [0.15, 0.2) is 54.6 Å². The second kappa shape index (κ2) is 10.7. The molecule has 0 bridgehead atoms. The average Bonchev–Trinajstić information content (AvgIpc) is 3.23. The summed E-state index contributed by atoms with van der Waals surface area (Å²) in [6.45, 7) is 8.21. The molecule has 3 aromatic rings. The Morgan fingerprint density at radius 2 is 1.71 bits per heavy atom. The third-order valence-corrected chi connectivity index (χ3v) is 6.22. The van der Waals surface area contributed by atoms with Crippen LogP contribution in [0.1, 0.15) is 26.0 Å².